The molecule has 0 spiro atoms. The topological polar surface area (TPSA) is 93.7 Å². The number of rotatable bonds is 5. The molecule has 0 fully saturated rings. The number of carbonyl (C=O) groups excluding carboxylic acids is 2. The van der Waals surface area contributed by atoms with Crippen LogP contribution in [0.25, 0.3) is 0 Å². The predicted molar refractivity (Wildman–Crippen MR) is 94.0 cm³/mol. The standard InChI is InChI=1S/C18H16F4N4O4/c1-9(2)14(27)24-13-6-10(3-4-23-13)17(28)26-7-11-5-12(19)16(25-15(11)30-26)29-8-18(20,21)22/h3-6,9H,7-8H2,1-2H3,(H,23,24,27). The molecule has 0 aliphatic carbocycles. The number of fused-ring (bicyclic) bond motifs is 1. The van der Waals surface area contributed by atoms with Crippen molar-refractivity contribution in [3.05, 3.63) is 41.3 Å². The van der Waals surface area contributed by atoms with E-state index >= 15 is 0 Å². The molecule has 30 heavy (non-hydrogen) atoms. The summed E-state index contributed by atoms with van der Waals surface area (Å²) in [6, 6.07) is 3.61. The average Bonchev–Trinajstić information content (AvgIpc) is 3.07. The normalized spacial score (nSPS) is 13.1. The molecule has 1 N–H and O–H groups in total. The van der Waals surface area contributed by atoms with Crippen molar-refractivity contribution in [3.63, 3.8) is 0 Å². The number of amides is 2. The molecule has 160 valence electrons. The highest BCUT2D eigenvalue weighted by Crippen LogP contribution is 2.32. The van der Waals surface area contributed by atoms with Gasteiger partial charge < -0.3 is 14.9 Å². The van der Waals surface area contributed by atoms with Crippen LogP contribution in [0.1, 0.15) is 29.8 Å². The molecule has 8 nitrogen and oxygen atoms in total. The highest BCUT2D eigenvalue weighted by molar-refractivity contribution is 5.96. The maximum absolute atomic E-state index is 13.9. The summed E-state index contributed by atoms with van der Waals surface area (Å²) in [6.07, 6.45) is -3.35. The molecular weight excluding hydrogens is 412 g/mol. The molecule has 1 aliphatic heterocycles. The van der Waals surface area contributed by atoms with Crippen LogP contribution in [0.2, 0.25) is 0 Å². The Morgan fingerprint density at radius 2 is 2.07 bits per heavy atom. The number of anilines is 1. The van der Waals surface area contributed by atoms with Crippen molar-refractivity contribution in [1.29, 1.82) is 0 Å². The lowest BCUT2D eigenvalue weighted by atomic mass is 10.2. The summed E-state index contributed by atoms with van der Waals surface area (Å²) >= 11 is 0. The Bertz CT molecular complexity index is 981. The third kappa shape index (κ3) is 4.93. The van der Waals surface area contributed by atoms with E-state index in [0.717, 1.165) is 11.1 Å². The van der Waals surface area contributed by atoms with E-state index in [0.29, 0.717) is 0 Å². The van der Waals surface area contributed by atoms with Crippen molar-refractivity contribution in [2.24, 2.45) is 5.92 Å². The molecule has 0 radical (unpaired) electrons. The molecule has 0 saturated heterocycles. The van der Waals surface area contributed by atoms with Crippen LogP contribution in [-0.4, -0.2) is 39.6 Å². The number of nitrogens with one attached hydrogen (secondary N) is 1. The first-order chi connectivity index (χ1) is 14.0. The first kappa shape index (κ1) is 21.3. The van der Waals surface area contributed by atoms with Gasteiger partial charge in [0.25, 0.3) is 17.7 Å². The number of carbonyl (C=O) groups is 2. The zero-order chi connectivity index (χ0) is 22.1. The quantitative estimate of drug-likeness (QED) is 0.736. The highest BCUT2D eigenvalue weighted by atomic mass is 19.4. The van der Waals surface area contributed by atoms with Crippen LogP contribution < -0.4 is 14.9 Å². The number of aromatic nitrogens is 2. The highest BCUT2D eigenvalue weighted by Gasteiger charge is 2.32. The summed E-state index contributed by atoms with van der Waals surface area (Å²) in [5, 5.41) is 3.41. The van der Waals surface area contributed by atoms with Gasteiger partial charge in [0.1, 0.15) is 5.82 Å². The number of halogens is 4. The monoisotopic (exact) mass is 428 g/mol. The van der Waals surface area contributed by atoms with Crippen molar-refractivity contribution >= 4 is 17.6 Å². The van der Waals surface area contributed by atoms with Crippen LogP contribution in [0, 0.1) is 11.7 Å². The fourth-order valence-corrected chi connectivity index (χ4v) is 2.39. The van der Waals surface area contributed by atoms with Crippen molar-refractivity contribution < 1.29 is 36.7 Å². The fraction of sp³-hybridized carbons (Fsp3) is 0.333. The zero-order valence-electron chi connectivity index (χ0n) is 15.8. The van der Waals surface area contributed by atoms with Gasteiger partial charge in [-0.1, -0.05) is 13.8 Å². The molecule has 2 aromatic rings. The second kappa shape index (κ2) is 8.13. The van der Waals surface area contributed by atoms with Crippen molar-refractivity contribution in [1.82, 2.24) is 15.0 Å². The summed E-state index contributed by atoms with van der Waals surface area (Å²) in [5.41, 5.74) is 0.272. The smallest absolute Gasteiger partial charge is 0.422 e. The fourth-order valence-electron chi connectivity index (χ4n) is 2.39. The third-order valence-corrected chi connectivity index (χ3v) is 3.88. The second-order valence-electron chi connectivity index (χ2n) is 6.65. The molecule has 2 aromatic heterocycles. The largest absolute Gasteiger partial charge is 0.466 e. The SMILES string of the molecule is CC(C)C(=O)Nc1cc(C(=O)N2Cc3cc(F)c(OCC(F)(F)F)nc3O2)ccn1. The summed E-state index contributed by atoms with van der Waals surface area (Å²) in [6.45, 7) is 1.48. The Morgan fingerprint density at radius 1 is 1.33 bits per heavy atom. The molecular formula is C18H16F4N4O4. The van der Waals surface area contributed by atoms with Gasteiger partial charge in [-0.15, -0.1) is 0 Å². The van der Waals surface area contributed by atoms with Crippen molar-refractivity contribution in [2.45, 2.75) is 26.6 Å². The Morgan fingerprint density at radius 3 is 2.73 bits per heavy atom. The Kier molecular flexibility index (Phi) is 5.76. The van der Waals surface area contributed by atoms with Gasteiger partial charge >= 0.3 is 6.18 Å². The van der Waals surface area contributed by atoms with E-state index in [1.165, 1.54) is 18.3 Å². The van der Waals surface area contributed by atoms with E-state index < -0.39 is 30.4 Å². The summed E-state index contributed by atoms with van der Waals surface area (Å²) < 4.78 is 55.1. The van der Waals surface area contributed by atoms with Crippen LogP contribution in [0.3, 0.4) is 0 Å². The molecule has 3 rings (SSSR count). The first-order valence-electron chi connectivity index (χ1n) is 8.69. The van der Waals surface area contributed by atoms with Crippen LogP contribution in [0.5, 0.6) is 11.8 Å². The average molecular weight is 428 g/mol. The lowest BCUT2D eigenvalue weighted by molar-refractivity contribution is -0.154. The summed E-state index contributed by atoms with van der Waals surface area (Å²) in [4.78, 5) is 37.2. The molecule has 2 amide bonds. The molecule has 0 bridgehead atoms. The van der Waals surface area contributed by atoms with Crippen LogP contribution in [0.4, 0.5) is 23.4 Å². The molecule has 0 aromatic carbocycles. The third-order valence-electron chi connectivity index (χ3n) is 3.88. The minimum Gasteiger partial charge on any atom is -0.466 e. The molecule has 0 saturated carbocycles. The Balaban J connectivity index is 1.73. The molecule has 0 atom stereocenters. The van der Waals surface area contributed by atoms with Crippen LogP contribution in [-0.2, 0) is 11.3 Å². The van der Waals surface area contributed by atoms with E-state index in [2.05, 4.69) is 20.0 Å². The predicted octanol–water partition coefficient (Wildman–Crippen LogP) is 3.10. The number of hydrogen-bond donors (Lipinski definition) is 1. The van der Waals surface area contributed by atoms with Crippen LogP contribution in [0.15, 0.2) is 24.4 Å². The number of alkyl halides is 3. The number of nitrogens with zero attached hydrogens (tertiary/aromatic N) is 3. The van der Waals surface area contributed by atoms with Crippen molar-refractivity contribution in [2.75, 3.05) is 11.9 Å². The van der Waals surface area contributed by atoms with Gasteiger partial charge in [0, 0.05) is 23.2 Å². The van der Waals surface area contributed by atoms with Gasteiger partial charge in [-0.2, -0.15) is 23.2 Å². The minimum absolute atomic E-state index is 0.117. The maximum atomic E-state index is 13.9. The van der Waals surface area contributed by atoms with Crippen LogP contribution >= 0.6 is 0 Å². The molecule has 3 heterocycles. The number of ether oxygens (including phenoxy) is 1. The first-order valence-corrected chi connectivity index (χ1v) is 8.69. The van der Waals surface area contributed by atoms with Gasteiger partial charge in [-0.05, 0) is 18.2 Å². The summed E-state index contributed by atoms with van der Waals surface area (Å²) in [5.74, 6) is -3.32. The summed E-state index contributed by atoms with van der Waals surface area (Å²) in [7, 11) is 0. The lowest BCUT2D eigenvalue weighted by Gasteiger charge is -2.14. The Labute approximate surface area is 167 Å². The van der Waals surface area contributed by atoms with E-state index in [1.54, 1.807) is 13.8 Å². The number of pyridine rings is 2. The van der Waals surface area contributed by atoms with Crippen molar-refractivity contribution in [3.8, 4) is 11.8 Å². The molecule has 1 aliphatic rings. The lowest BCUT2D eigenvalue weighted by Crippen LogP contribution is -2.29. The van der Waals surface area contributed by atoms with Gasteiger partial charge in [0.15, 0.2) is 12.4 Å². The van der Waals surface area contributed by atoms with E-state index in [9.17, 15) is 27.2 Å². The number of hydrogen-bond acceptors (Lipinski definition) is 6. The second-order valence-corrected chi connectivity index (χ2v) is 6.65. The Hall–Kier alpha value is -3.44. The molecule has 12 heteroatoms. The van der Waals surface area contributed by atoms with Gasteiger partial charge in [-0.3, -0.25) is 9.59 Å². The maximum Gasteiger partial charge on any atom is 0.422 e. The number of hydroxylamine groups is 2. The molecule has 0 unspecified atom stereocenters. The van der Waals surface area contributed by atoms with E-state index in [4.69, 9.17) is 4.84 Å². The van der Waals surface area contributed by atoms with Gasteiger partial charge in [0.2, 0.25) is 5.91 Å². The van der Waals surface area contributed by atoms with Gasteiger partial charge in [0.05, 0.1) is 6.54 Å². The van der Waals surface area contributed by atoms with E-state index in [-0.39, 0.29) is 41.2 Å². The van der Waals surface area contributed by atoms with Gasteiger partial charge in [-0.25, -0.2) is 9.37 Å². The minimum atomic E-state index is -4.67. The van der Waals surface area contributed by atoms with E-state index in [1.807, 2.05) is 0 Å². The zero-order valence-corrected chi connectivity index (χ0v) is 15.8.